The van der Waals surface area contributed by atoms with Gasteiger partial charge in [-0.25, -0.2) is 0 Å². The monoisotopic (exact) mass is 296 g/mol. The Balaban J connectivity index is 1.80. The number of aliphatic carboxylic acids is 1. The molecule has 2 rings (SSSR count). The average Bonchev–Trinajstić information content (AvgIpc) is 3.05. The standard InChI is InChI=1S/C15H24N2O4/c1-10(6-7-14(19)20)16-15(21)11-8-13(18)17(9-11)12-4-2-3-5-12/h10-12H,2-9H2,1H3,(H,16,21)(H,19,20). The number of nitrogens with zero attached hydrogens (tertiary/aromatic N) is 1. The third-order valence-electron chi connectivity index (χ3n) is 4.47. The second-order valence-electron chi connectivity index (χ2n) is 6.23. The summed E-state index contributed by atoms with van der Waals surface area (Å²) in [5.74, 6) is -1.19. The molecule has 2 N–H and O–H groups in total. The van der Waals surface area contributed by atoms with Gasteiger partial charge in [0, 0.05) is 31.5 Å². The van der Waals surface area contributed by atoms with Crippen molar-refractivity contribution in [2.45, 2.75) is 64.0 Å². The van der Waals surface area contributed by atoms with Crippen molar-refractivity contribution in [3.05, 3.63) is 0 Å². The predicted molar refractivity (Wildman–Crippen MR) is 76.6 cm³/mol. The molecule has 0 aromatic heterocycles. The first-order valence-electron chi connectivity index (χ1n) is 7.79. The van der Waals surface area contributed by atoms with Crippen LogP contribution in [0.2, 0.25) is 0 Å². The van der Waals surface area contributed by atoms with E-state index in [4.69, 9.17) is 5.11 Å². The molecule has 0 spiro atoms. The van der Waals surface area contributed by atoms with E-state index in [1.165, 1.54) is 0 Å². The third kappa shape index (κ3) is 4.19. The van der Waals surface area contributed by atoms with Gasteiger partial charge in [0.25, 0.3) is 0 Å². The molecule has 2 fully saturated rings. The largest absolute Gasteiger partial charge is 0.481 e. The highest BCUT2D eigenvalue weighted by Crippen LogP contribution is 2.29. The van der Waals surface area contributed by atoms with E-state index in [0.29, 0.717) is 19.0 Å². The Morgan fingerprint density at radius 1 is 1.38 bits per heavy atom. The van der Waals surface area contributed by atoms with Crippen LogP contribution in [0.5, 0.6) is 0 Å². The molecular weight excluding hydrogens is 272 g/mol. The quantitative estimate of drug-likeness (QED) is 0.769. The lowest BCUT2D eigenvalue weighted by Gasteiger charge is -2.24. The van der Waals surface area contributed by atoms with Gasteiger partial charge in [-0.15, -0.1) is 0 Å². The Labute approximate surface area is 124 Å². The second kappa shape index (κ2) is 6.91. The summed E-state index contributed by atoms with van der Waals surface area (Å²) in [5.41, 5.74) is 0. The molecule has 2 aliphatic rings. The van der Waals surface area contributed by atoms with Crippen molar-refractivity contribution in [1.82, 2.24) is 10.2 Å². The zero-order valence-corrected chi connectivity index (χ0v) is 12.5. The summed E-state index contributed by atoms with van der Waals surface area (Å²) < 4.78 is 0. The summed E-state index contributed by atoms with van der Waals surface area (Å²) in [6.07, 6.45) is 5.17. The van der Waals surface area contributed by atoms with Crippen LogP contribution in [0.1, 0.15) is 51.9 Å². The van der Waals surface area contributed by atoms with Gasteiger partial charge in [-0.3, -0.25) is 14.4 Å². The first-order valence-corrected chi connectivity index (χ1v) is 7.79. The molecule has 2 atom stereocenters. The van der Waals surface area contributed by atoms with Gasteiger partial charge in [0.15, 0.2) is 0 Å². The van der Waals surface area contributed by atoms with Crippen molar-refractivity contribution >= 4 is 17.8 Å². The molecule has 118 valence electrons. The maximum atomic E-state index is 12.2. The molecule has 1 aliphatic heterocycles. The molecule has 21 heavy (non-hydrogen) atoms. The first kappa shape index (κ1) is 15.8. The molecule has 0 radical (unpaired) electrons. The van der Waals surface area contributed by atoms with Gasteiger partial charge < -0.3 is 15.3 Å². The van der Waals surface area contributed by atoms with Gasteiger partial charge in [-0.2, -0.15) is 0 Å². The van der Waals surface area contributed by atoms with Crippen LogP contribution in [0.15, 0.2) is 0 Å². The lowest BCUT2D eigenvalue weighted by atomic mass is 10.1. The van der Waals surface area contributed by atoms with Crippen LogP contribution in [0.25, 0.3) is 0 Å². The van der Waals surface area contributed by atoms with Gasteiger partial charge in [0.05, 0.1) is 5.92 Å². The molecule has 1 saturated carbocycles. The second-order valence-corrected chi connectivity index (χ2v) is 6.23. The molecule has 6 heteroatoms. The van der Waals surface area contributed by atoms with E-state index in [9.17, 15) is 14.4 Å². The molecule has 1 heterocycles. The summed E-state index contributed by atoms with van der Waals surface area (Å²) in [6, 6.07) is 0.143. The van der Waals surface area contributed by atoms with Gasteiger partial charge in [-0.05, 0) is 26.2 Å². The summed E-state index contributed by atoms with van der Waals surface area (Å²) >= 11 is 0. The van der Waals surface area contributed by atoms with Gasteiger partial charge >= 0.3 is 5.97 Å². The summed E-state index contributed by atoms with van der Waals surface area (Å²) in [4.78, 5) is 36.6. The lowest BCUT2D eigenvalue weighted by Crippen LogP contribution is -2.40. The minimum atomic E-state index is -0.862. The highest BCUT2D eigenvalue weighted by Gasteiger charge is 2.38. The smallest absolute Gasteiger partial charge is 0.303 e. The zero-order valence-electron chi connectivity index (χ0n) is 12.5. The molecule has 6 nitrogen and oxygen atoms in total. The highest BCUT2D eigenvalue weighted by atomic mass is 16.4. The van der Waals surface area contributed by atoms with Crippen molar-refractivity contribution in [3.63, 3.8) is 0 Å². The normalized spacial score (nSPS) is 24.3. The first-order chi connectivity index (χ1) is 9.97. The van der Waals surface area contributed by atoms with Crippen LogP contribution in [0, 0.1) is 5.92 Å². The number of carbonyl (C=O) groups is 3. The van der Waals surface area contributed by atoms with Gasteiger partial charge in [0.2, 0.25) is 11.8 Å². The Kier molecular flexibility index (Phi) is 5.20. The van der Waals surface area contributed by atoms with E-state index in [0.717, 1.165) is 25.7 Å². The Bertz CT molecular complexity index is 418. The van der Waals surface area contributed by atoms with E-state index < -0.39 is 5.97 Å². The highest BCUT2D eigenvalue weighted by molar-refractivity contribution is 5.89. The van der Waals surface area contributed by atoms with Crippen LogP contribution < -0.4 is 5.32 Å². The minimum Gasteiger partial charge on any atom is -0.481 e. The minimum absolute atomic E-state index is 0.0409. The topological polar surface area (TPSA) is 86.7 Å². The molecular formula is C15H24N2O4. The number of carboxylic acid groups (broad SMARTS) is 1. The van der Waals surface area contributed by atoms with Crippen LogP contribution in [0.4, 0.5) is 0 Å². The molecule has 1 saturated heterocycles. The molecule has 0 aromatic carbocycles. The number of nitrogens with one attached hydrogen (secondary N) is 1. The predicted octanol–water partition coefficient (Wildman–Crippen LogP) is 1.15. The fraction of sp³-hybridized carbons (Fsp3) is 0.800. The Morgan fingerprint density at radius 3 is 2.67 bits per heavy atom. The maximum Gasteiger partial charge on any atom is 0.303 e. The van der Waals surface area contributed by atoms with Crippen molar-refractivity contribution < 1.29 is 19.5 Å². The number of hydrogen-bond donors (Lipinski definition) is 2. The molecule has 2 amide bonds. The SMILES string of the molecule is CC(CCC(=O)O)NC(=O)C1CC(=O)N(C2CCCC2)C1. The van der Waals surface area contributed by atoms with Crippen LogP contribution in [-0.4, -0.2) is 46.4 Å². The van der Waals surface area contributed by atoms with Gasteiger partial charge in [0.1, 0.15) is 0 Å². The number of hydrogen-bond acceptors (Lipinski definition) is 3. The van der Waals surface area contributed by atoms with E-state index in [1.807, 2.05) is 4.90 Å². The van der Waals surface area contributed by atoms with E-state index >= 15 is 0 Å². The fourth-order valence-corrected chi connectivity index (χ4v) is 3.25. The summed E-state index contributed by atoms with van der Waals surface area (Å²) in [6.45, 7) is 2.31. The van der Waals surface area contributed by atoms with Crippen molar-refractivity contribution in [1.29, 1.82) is 0 Å². The maximum absolute atomic E-state index is 12.2. The Morgan fingerprint density at radius 2 is 2.05 bits per heavy atom. The van der Waals surface area contributed by atoms with Crippen molar-refractivity contribution in [2.24, 2.45) is 5.92 Å². The van der Waals surface area contributed by atoms with E-state index in [1.54, 1.807) is 6.92 Å². The number of amides is 2. The van der Waals surface area contributed by atoms with Crippen LogP contribution in [-0.2, 0) is 14.4 Å². The number of likely N-dealkylation sites (tertiary alicyclic amines) is 1. The van der Waals surface area contributed by atoms with E-state index in [2.05, 4.69) is 5.32 Å². The van der Waals surface area contributed by atoms with Gasteiger partial charge in [-0.1, -0.05) is 12.8 Å². The van der Waals surface area contributed by atoms with E-state index in [-0.39, 0.29) is 36.6 Å². The number of rotatable bonds is 6. The number of carbonyl (C=O) groups excluding carboxylic acids is 2. The lowest BCUT2D eigenvalue weighted by molar-refractivity contribution is -0.137. The van der Waals surface area contributed by atoms with Crippen LogP contribution >= 0.6 is 0 Å². The van der Waals surface area contributed by atoms with Crippen LogP contribution in [0.3, 0.4) is 0 Å². The zero-order chi connectivity index (χ0) is 15.4. The number of carboxylic acids is 1. The van der Waals surface area contributed by atoms with Crippen molar-refractivity contribution in [3.8, 4) is 0 Å². The fourth-order valence-electron chi connectivity index (χ4n) is 3.25. The molecule has 0 aromatic rings. The Hall–Kier alpha value is -1.59. The average molecular weight is 296 g/mol. The third-order valence-corrected chi connectivity index (χ3v) is 4.47. The summed E-state index contributed by atoms with van der Waals surface area (Å²) in [7, 11) is 0. The van der Waals surface area contributed by atoms with Crippen molar-refractivity contribution in [2.75, 3.05) is 6.54 Å². The molecule has 0 bridgehead atoms. The summed E-state index contributed by atoms with van der Waals surface area (Å²) in [5, 5.41) is 11.5. The molecule has 1 aliphatic carbocycles. The molecule has 2 unspecified atom stereocenters.